The first kappa shape index (κ1) is 16.8. The minimum atomic E-state index is -0.792. The molecular weight excluding hydrogens is 330 g/mol. The summed E-state index contributed by atoms with van der Waals surface area (Å²) in [4.78, 5) is 27.0. The van der Waals surface area contributed by atoms with E-state index in [1.54, 1.807) is 0 Å². The van der Waals surface area contributed by atoms with E-state index in [1.807, 2.05) is 0 Å². The van der Waals surface area contributed by atoms with E-state index in [1.165, 1.54) is 18.3 Å². The molecule has 0 saturated heterocycles. The zero-order valence-corrected chi connectivity index (χ0v) is 12.4. The Morgan fingerprint density at radius 2 is 1.87 bits per heavy atom. The van der Waals surface area contributed by atoms with E-state index in [9.17, 15) is 18.4 Å². The lowest BCUT2D eigenvalue weighted by molar-refractivity contribution is -0.146. The molecule has 8 heteroatoms. The van der Waals surface area contributed by atoms with Crippen LogP contribution >= 0.6 is 11.6 Å². The number of esters is 1. The highest BCUT2D eigenvalue weighted by Crippen LogP contribution is 2.10. The third-order valence-electron chi connectivity index (χ3n) is 2.63. The molecule has 120 valence electrons. The van der Waals surface area contributed by atoms with Crippen molar-refractivity contribution in [1.82, 2.24) is 4.98 Å². The predicted octanol–water partition coefficient (Wildman–Crippen LogP) is 2.74. The van der Waals surface area contributed by atoms with Crippen LogP contribution in [0, 0.1) is 11.6 Å². The number of carbonyl (C=O) groups excluding carboxylic acids is 2. The van der Waals surface area contributed by atoms with E-state index in [2.05, 4.69) is 10.3 Å². The number of hydrogen-bond acceptors (Lipinski definition) is 4. The van der Waals surface area contributed by atoms with Gasteiger partial charge in [0.1, 0.15) is 17.5 Å². The molecule has 0 saturated carbocycles. The molecule has 0 aliphatic heterocycles. The van der Waals surface area contributed by atoms with Crippen LogP contribution in [-0.2, 0) is 20.7 Å². The van der Waals surface area contributed by atoms with Crippen LogP contribution < -0.4 is 5.32 Å². The average molecular weight is 341 g/mol. The lowest BCUT2D eigenvalue weighted by Gasteiger charge is -2.06. The molecule has 2 aromatic rings. The van der Waals surface area contributed by atoms with Crippen molar-refractivity contribution in [2.75, 3.05) is 11.9 Å². The fraction of sp³-hybridized carbons (Fsp3) is 0.133. The van der Waals surface area contributed by atoms with Crippen LogP contribution in [0.25, 0.3) is 0 Å². The smallest absolute Gasteiger partial charge is 0.310 e. The highest BCUT2D eigenvalue weighted by molar-refractivity contribution is 6.30. The predicted molar refractivity (Wildman–Crippen MR) is 78.9 cm³/mol. The third kappa shape index (κ3) is 5.63. The van der Waals surface area contributed by atoms with Gasteiger partial charge in [-0.15, -0.1) is 0 Å². The summed E-state index contributed by atoms with van der Waals surface area (Å²) < 4.78 is 30.7. The molecule has 0 aliphatic carbocycles. The molecule has 0 spiro atoms. The van der Waals surface area contributed by atoms with Crippen LogP contribution in [-0.4, -0.2) is 23.5 Å². The molecule has 1 aromatic heterocycles. The number of amides is 1. The van der Waals surface area contributed by atoms with Crippen molar-refractivity contribution in [3.8, 4) is 0 Å². The molecule has 1 N–H and O–H groups in total. The van der Waals surface area contributed by atoms with E-state index in [4.69, 9.17) is 16.3 Å². The lowest BCUT2D eigenvalue weighted by atomic mass is 10.1. The van der Waals surface area contributed by atoms with Crippen LogP contribution in [0.1, 0.15) is 5.56 Å². The van der Waals surface area contributed by atoms with Crippen molar-refractivity contribution >= 4 is 29.3 Å². The van der Waals surface area contributed by atoms with Crippen molar-refractivity contribution in [3.05, 3.63) is 58.7 Å². The van der Waals surface area contributed by atoms with Crippen molar-refractivity contribution < 1.29 is 23.1 Å². The minimum Gasteiger partial charge on any atom is -0.455 e. The lowest BCUT2D eigenvalue weighted by Crippen LogP contribution is -2.22. The molecule has 1 amide bonds. The number of aromatic nitrogens is 1. The number of halogens is 3. The van der Waals surface area contributed by atoms with Gasteiger partial charge in [-0.25, -0.2) is 13.8 Å². The summed E-state index contributed by atoms with van der Waals surface area (Å²) in [5.41, 5.74) is 0.118. The summed E-state index contributed by atoms with van der Waals surface area (Å²) in [7, 11) is 0. The summed E-state index contributed by atoms with van der Waals surface area (Å²) in [6, 6.07) is 5.75. The zero-order chi connectivity index (χ0) is 16.8. The van der Waals surface area contributed by atoms with Gasteiger partial charge in [-0.05, 0) is 29.8 Å². The molecule has 0 atom stereocenters. The monoisotopic (exact) mass is 340 g/mol. The standard InChI is InChI=1S/C15H11ClF2N2O3/c16-10-1-2-13(19-7-10)20-14(21)8-23-15(22)5-9-3-11(17)6-12(18)4-9/h1-4,6-7H,5,8H2,(H,19,20,21). The molecule has 0 radical (unpaired) electrons. The molecule has 0 bridgehead atoms. The Morgan fingerprint density at radius 3 is 2.48 bits per heavy atom. The van der Waals surface area contributed by atoms with E-state index in [0.29, 0.717) is 11.1 Å². The van der Waals surface area contributed by atoms with Crippen LogP contribution in [0.15, 0.2) is 36.5 Å². The number of benzene rings is 1. The van der Waals surface area contributed by atoms with Crippen molar-refractivity contribution in [3.63, 3.8) is 0 Å². The van der Waals surface area contributed by atoms with Crippen LogP contribution in [0.5, 0.6) is 0 Å². The average Bonchev–Trinajstić information content (AvgIpc) is 2.46. The van der Waals surface area contributed by atoms with E-state index < -0.39 is 30.1 Å². The van der Waals surface area contributed by atoms with E-state index in [0.717, 1.165) is 12.1 Å². The second-order valence-corrected chi connectivity index (χ2v) is 4.96. The van der Waals surface area contributed by atoms with Gasteiger partial charge in [0, 0.05) is 12.3 Å². The van der Waals surface area contributed by atoms with Gasteiger partial charge in [-0.3, -0.25) is 9.59 Å². The van der Waals surface area contributed by atoms with Crippen molar-refractivity contribution in [1.29, 1.82) is 0 Å². The molecular formula is C15H11ClF2N2O3. The summed E-state index contributed by atoms with van der Waals surface area (Å²) in [6.45, 7) is -0.541. The molecule has 1 aromatic carbocycles. The van der Waals surface area contributed by atoms with Gasteiger partial charge >= 0.3 is 5.97 Å². The summed E-state index contributed by atoms with van der Waals surface area (Å²) >= 11 is 5.65. The van der Waals surface area contributed by atoms with Gasteiger partial charge < -0.3 is 10.1 Å². The van der Waals surface area contributed by atoms with E-state index >= 15 is 0 Å². The van der Waals surface area contributed by atoms with Gasteiger partial charge in [-0.2, -0.15) is 0 Å². The first-order valence-corrected chi connectivity index (χ1v) is 6.82. The molecule has 1 heterocycles. The third-order valence-corrected chi connectivity index (χ3v) is 2.85. The first-order chi connectivity index (χ1) is 10.9. The minimum absolute atomic E-state index is 0.118. The summed E-state index contributed by atoms with van der Waals surface area (Å²) in [5.74, 6) is -2.71. The number of anilines is 1. The maximum absolute atomic E-state index is 13.0. The topological polar surface area (TPSA) is 68.3 Å². The molecule has 0 aliphatic rings. The molecule has 0 fully saturated rings. The largest absolute Gasteiger partial charge is 0.455 e. The Morgan fingerprint density at radius 1 is 1.17 bits per heavy atom. The summed E-state index contributed by atoms with van der Waals surface area (Å²) in [5, 5.41) is 2.81. The number of rotatable bonds is 5. The Labute approximate surface area is 135 Å². The second kappa shape index (κ2) is 7.64. The number of ether oxygens (including phenoxy) is 1. The number of carbonyl (C=O) groups is 2. The highest BCUT2D eigenvalue weighted by atomic mass is 35.5. The Balaban J connectivity index is 1.81. The van der Waals surface area contributed by atoms with Crippen molar-refractivity contribution in [2.45, 2.75) is 6.42 Å². The highest BCUT2D eigenvalue weighted by Gasteiger charge is 2.11. The molecule has 2 rings (SSSR count). The number of hydrogen-bond donors (Lipinski definition) is 1. The zero-order valence-electron chi connectivity index (χ0n) is 11.7. The van der Waals surface area contributed by atoms with Gasteiger partial charge in [0.25, 0.3) is 5.91 Å². The van der Waals surface area contributed by atoms with Gasteiger partial charge in [0.2, 0.25) is 0 Å². The SMILES string of the molecule is O=C(COC(=O)Cc1cc(F)cc(F)c1)Nc1ccc(Cl)cn1. The first-order valence-electron chi connectivity index (χ1n) is 6.44. The Bertz CT molecular complexity index is 703. The molecule has 0 unspecified atom stereocenters. The van der Waals surface area contributed by atoms with Crippen LogP contribution in [0.2, 0.25) is 5.02 Å². The normalized spacial score (nSPS) is 10.2. The number of pyridine rings is 1. The van der Waals surface area contributed by atoms with Crippen molar-refractivity contribution in [2.24, 2.45) is 0 Å². The van der Waals surface area contributed by atoms with Gasteiger partial charge in [0.15, 0.2) is 6.61 Å². The fourth-order valence-corrected chi connectivity index (χ4v) is 1.82. The maximum atomic E-state index is 13.0. The van der Waals surface area contributed by atoms with Crippen LogP contribution in [0.3, 0.4) is 0 Å². The molecule has 23 heavy (non-hydrogen) atoms. The number of nitrogens with zero attached hydrogens (tertiary/aromatic N) is 1. The Hall–Kier alpha value is -2.54. The number of nitrogens with one attached hydrogen (secondary N) is 1. The second-order valence-electron chi connectivity index (χ2n) is 4.52. The summed E-state index contributed by atoms with van der Waals surface area (Å²) in [6.07, 6.45) is 1.00. The quantitative estimate of drug-likeness (QED) is 0.850. The van der Waals surface area contributed by atoms with E-state index in [-0.39, 0.29) is 17.8 Å². The Kier molecular flexibility index (Phi) is 5.59. The fourth-order valence-electron chi connectivity index (χ4n) is 1.71. The van der Waals surface area contributed by atoms with Gasteiger partial charge in [0.05, 0.1) is 11.4 Å². The maximum Gasteiger partial charge on any atom is 0.310 e. The molecule has 5 nitrogen and oxygen atoms in total. The van der Waals surface area contributed by atoms with Crippen LogP contribution in [0.4, 0.5) is 14.6 Å². The van der Waals surface area contributed by atoms with Gasteiger partial charge in [-0.1, -0.05) is 11.6 Å².